The molecular weight excluding hydrogens is 246 g/mol. The van der Waals surface area contributed by atoms with Crippen molar-refractivity contribution in [3.05, 3.63) is 36.0 Å². The molecule has 0 bridgehead atoms. The molecule has 5 nitrogen and oxygen atoms in total. The second-order valence-corrected chi connectivity index (χ2v) is 4.38. The van der Waals surface area contributed by atoms with E-state index in [0.29, 0.717) is 12.1 Å². The van der Waals surface area contributed by atoms with Gasteiger partial charge in [0.15, 0.2) is 0 Å². The maximum Gasteiger partial charge on any atom is 0.311 e. The normalized spacial score (nSPS) is 12.5. The van der Waals surface area contributed by atoms with Crippen molar-refractivity contribution in [1.82, 2.24) is 4.57 Å². The molecule has 19 heavy (non-hydrogen) atoms. The van der Waals surface area contributed by atoms with Crippen LogP contribution in [0.15, 0.2) is 30.5 Å². The topological polar surface area (TPSA) is 79.5 Å². The van der Waals surface area contributed by atoms with Crippen LogP contribution in [0.1, 0.15) is 24.8 Å². The van der Waals surface area contributed by atoms with Crippen LogP contribution in [0, 0.1) is 0 Å². The van der Waals surface area contributed by atoms with E-state index in [1.807, 2.05) is 35.8 Å². The van der Waals surface area contributed by atoms with E-state index in [0.717, 1.165) is 10.9 Å². The van der Waals surface area contributed by atoms with E-state index in [-0.39, 0.29) is 0 Å². The van der Waals surface area contributed by atoms with Crippen LogP contribution in [0.4, 0.5) is 0 Å². The van der Waals surface area contributed by atoms with E-state index in [1.165, 1.54) is 0 Å². The molecule has 0 saturated heterocycles. The molecule has 0 saturated carbocycles. The average molecular weight is 261 g/mol. The number of aryl methyl sites for hydroxylation is 1. The fourth-order valence-corrected chi connectivity index (χ4v) is 2.32. The molecule has 5 heteroatoms. The van der Waals surface area contributed by atoms with Crippen molar-refractivity contribution < 1.29 is 19.8 Å². The first-order chi connectivity index (χ1) is 9.04. The maximum atomic E-state index is 11.3. The van der Waals surface area contributed by atoms with Crippen molar-refractivity contribution >= 4 is 22.8 Å². The second-order valence-electron chi connectivity index (χ2n) is 4.38. The molecule has 1 aromatic carbocycles. The summed E-state index contributed by atoms with van der Waals surface area (Å²) in [7, 11) is 0. The van der Waals surface area contributed by atoms with Gasteiger partial charge >= 0.3 is 11.9 Å². The molecular formula is C14H15NO4. The smallest absolute Gasteiger partial charge is 0.311 e. The predicted octanol–water partition coefficient (Wildman–Crippen LogP) is 2.30. The number of rotatable bonds is 5. The zero-order valence-electron chi connectivity index (χ0n) is 10.5. The molecule has 100 valence electrons. The van der Waals surface area contributed by atoms with Gasteiger partial charge < -0.3 is 14.8 Å². The Morgan fingerprint density at radius 1 is 1.26 bits per heavy atom. The molecule has 0 aliphatic rings. The van der Waals surface area contributed by atoms with Gasteiger partial charge in [0.25, 0.3) is 0 Å². The molecule has 0 amide bonds. The van der Waals surface area contributed by atoms with Gasteiger partial charge in [-0.1, -0.05) is 18.2 Å². The van der Waals surface area contributed by atoms with Crippen LogP contribution >= 0.6 is 0 Å². The summed E-state index contributed by atoms with van der Waals surface area (Å²) in [6.07, 6.45) is 1.33. The van der Waals surface area contributed by atoms with Gasteiger partial charge in [0.2, 0.25) is 0 Å². The minimum atomic E-state index is -1.11. The van der Waals surface area contributed by atoms with E-state index in [2.05, 4.69) is 0 Å². The molecule has 1 heterocycles. The summed E-state index contributed by atoms with van der Waals surface area (Å²) >= 11 is 0. The Labute approximate surface area is 110 Å². The Morgan fingerprint density at radius 3 is 2.53 bits per heavy atom. The number of hydrogen-bond acceptors (Lipinski definition) is 2. The number of carboxylic acids is 2. The predicted molar refractivity (Wildman–Crippen MR) is 70.2 cm³/mol. The van der Waals surface area contributed by atoms with Crippen LogP contribution in [0.5, 0.6) is 0 Å². The lowest BCUT2D eigenvalue weighted by Gasteiger charge is -2.08. The summed E-state index contributed by atoms with van der Waals surface area (Å²) in [4.78, 5) is 22.1. The van der Waals surface area contributed by atoms with Gasteiger partial charge in [-0.3, -0.25) is 9.59 Å². The van der Waals surface area contributed by atoms with Crippen molar-refractivity contribution in [1.29, 1.82) is 0 Å². The highest BCUT2D eigenvalue weighted by Crippen LogP contribution is 2.30. The third-order valence-corrected chi connectivity index (χ3v) is 3.21. The maximum absolute atomic E-state index is 11.3. The Bertz CT molecular complexity index is 629. The van der Waals surface area contributed by atoms with Gasteiger partial charge in [-0.05, 0) is 18.6 Å². The highest BCUT2D eigenvalue weighted by molar-refractivity contribution is 5.91. The number of carboxylic acid groups (broad SMARTS) is 2. The minimum absolute atomic E-state index is 0.410. The summed E-state index contributed by atoms with van der Waals surface area (Å²) in [6.45, 7) is 2.67. The molecule has 0 radical (unpaired) electrons. The van der Waals surface area contributed by atoms with E-state index in [1.54, 1.807) is 6.20 Å². The van der Waals surface area contributed by atoms with Gasteiger partial charge in [-0.15, -0.1) is 0 Å². The van der Waals surface area contributed by atoms with E-state index in [9.17, 15) is 14.7 Å². The average Bonchev–Trinajstić information content (AvgIpc) is 2.74. The Morgan fingerprint density at radius 2 is 1.95 bits per heavy atom. The first-order valence-electron chi connectivity index (χ1n) is 6.07. The van der Waals surface area contributed by atoms with Gasteiger partial charge in [-0.2, -0.15) is 0 Å². The monoisotopic (exact) mass is 261 g/mol. The molecule has 0 spiro atoms. The SMILES string of the molecule is CCn1cc([C@@H](CC(=O)O)C(=O)O)c2ccccc21. The number of aliphatic carboxylic acids is 2. The molecule has 0 aliphatic carbocycles. The number of para-hydroxylation sites is 1. The van der Waals surface area contributed by atoms with Crippen LogP contribution in [0.25, 0.3) is 10.9 Å². The van der Waals surface area contributed by atoms with Gasteiger partial charge in [0, 0.05) is 23.6 Å². The standard InChI is InChI=1S/C14H15NO4/c1-2-15-8-11(9-5-3-4-6-12(9)15)10(14(18)19)7-13(16)17/h3-6,8,10H,2,7H2,1H3,(H,16,17)(H,18,19)/t10-/m1/s1. The lowest BCUT2D eigenvalue weighted by atomic mass is 9.95. The molecule has 2 rings (SSSR count). The second kappa shape index (κ2) is 5.14. The van der Waals surface area contributed by atoms with Crippen molar-refractivity contribution in [2.24, 2.45) is 0 Å². The van der Waals surface area contributed by atoms with Crippen molar-refractivity contribution in [3.8, 4) is 0 Å². The summed E-state index contributed by atoms with van der Waals surface area (Å²) in [5.41, 5.74) is 1.49. The quantitative estimate of drug-likeness (QED) is 0.865. The van der Waals surface area contributed by atoms with Crippen LogP contribution in [-0.4, -0.2) is 26.7 Å². The summed E-state index contributed by atoms with van der Waals surface area (Å²) in [6, 6.07) is 7.44. The zero-order valence-corrected chi connectivity index (χ0v) is 10.5. The summed E-state index contributed by atoms with van der Waals surface area (Å²) in [5, 5.41) is 18.9. The number of aromatic nitrogens is 1. The molecule has 0 fully saturated rings. The third kappa shape index (κ3) is 2.45. The van der Waals surface area contributed by atoms with Crippen LogP contribution in [-0.2, 0) is 16.1 Å². The lowest BCUT2D eigenvalue weighted by Crippen LogP contribution is -2.15. The van der Waals surface area contributed by atoms with Crippen molar-refractivity contribution in [3.63, 3.8) is 0 Å². The third-order valence-electron chi connectivity index (χ3n) is 3.21. The van der Waals surface area contributed by atoms with Crippen LogP contribution < -0.4 is 0 Å². The van der Waals surface area contributed by atoms with Gasteiger partial charge in [0.1, 0.15) is 0 Å². The summed E-state index contributed by atoms with van der Waals surface area (Å²) in [5.74, 6) is -3.24. The molecule has 2 aromatic rings. The minimum Gasteiger partial charge on any atom is -0.481 e. The van der Waals surface area contributed by atoms with Crippen molar-refractivity contribution in [2.75, 3.05) is 0 Å². The fourth-order valence-electron chi connectivity index (χ4n) is 2.32. The van der Waals surface area contributed by atoms with Gasteiger partial charge in [0.05, 0.1) is 12.3 Å². The van der Waals surface area contributed by atoms with E-state index in [4.69, 9.17) is 5.11 Å². The Hall–Kier alpha value is -2.30. The fraction of sp³-hybridized carbons (Fsp3) is 0.286. The highest BCUT2D eigenvalue weighted by atomic mass is 16.4. The Kier molecular flexibility index (Phi) is 3.55. The Balaban J connectivity index is 2.59. The largest absolute Gasteiger partial charge is 0.481 e. The molecule has 0 unspecified atom stereocenters. The summed E-state index contributed by atoms with van der Waals surface area (Å²) < 4.78 is 1.93. The number of benzene rings is 1. The highest BCUT2D eigenvalue weighted by Gasteiger charge is 2.26. The first-order valence-corrected chi connectivity index (χ1v) is 6.07. The molecule has 1 atom stereocenters. The van der Waals surface area contributed by atoms with E-state index < -0.39 is 24.3 Å². The van der Waals surface area contributed by atoms with Gasteiger partial charge in [-0.25, -0.2) is 0 Å². The van der Waals surface area contributed by atoms with Crippen molar-refractivity contribution in [2.45, 2.75) is 25.8 Å². The molecule has 0 aliphatic heterocycles. The van der Waals surface area contributed by atoms with Crippen LogP contribution in [0.2, 0.25) is 0 Å². The number of nitrogens with zero attached hydrogens (tertiary/aromatic N) is 1. The first kappa shape index (κ1) is 13.1. The molecule has 1 aromatic heterocycles. The lowest BCUT2D eigenvalue weighted by molar-refractivity contribution is -0.145. The zero-order chi connectivity index (χ0) is 14.0. The van der Waals surface area contributed by atoms with E-state index >= 15 is 0 Å². The number of fused-ring (bicyclic) bond motifs is 1. The number of hydrogen-bond donors (Lipinski definition) is 2. The number of carbonyl (C=O) groups is 2. The molecule has 2 N–H and O–H groups in total. The van der Waals surface area contributed by atoms with Crippen LogP contribution in [0.3, 0.4) is 0 Å².